The van der Waals surface area contributed by atoms with Crippen LogP contribution < -0.4 is 5.73 Å². The summed E-state index contributed by atoms with van der Waals surface area (Å²) in [7, 11) is 0. The van der Waals surface area contributed by atoms with Gasteiger partial charge in [0.05, 0.1) is 15.5 Å². The van der Waals surface area contributed by atoms with Crippen molar-refractivity contribution in [3.05, 3.63) is 44.0 Å². The molecule has 0 atom stereocenters. The van der Waals surface area contributed by atoms with Gasteiger partial charge in [-0.05, 0) is 23.8 Å². The summed E-state index contributed by atoms with van der Waals surface area (Å²) >= 11 is 19.3. The van der Waals surface area contributed by atoms with Crippen LogP contribution in [0.4, 0.5) is 5.82 Å². The fraction of sp³-hybridized carbons (Fsp3) is 0. The van der Waals surface area contributed by atoms with Crippen LogP contribution in [-0.4, -0.2) is 5.16 Å². The third kappa shape index (κ3) is 2.40. The summed E-state index contributed by atoms with van der Waals surface area (Å²) in [5.41, 5.74) is 8.10. The molecule has 0 aliphatic carbocycles. The molecule has 2 heterocycles. The maximum atomic E-state index is 6.16. The van der Waals surface area contributed by atoms with E-state index in [9.17, 15) is 0 Å². The lowest BCUT2D eigenvalue weighted by atomic mass is 10.0. The summed E-state index contributed by atoms with van der Waals surface area (Å²) in [4.78, 5) is 0. The van der Waals surface area contributed by atoms with E-state index >= 15 is 0 Å². The van der Waals surface area contributed by atoms with Gasteiger partial charge in [0.15, 0.2) is 11.6 Å². The summed E-state index contributed by atoms with van der Waals surface area (Å²) < 4.78 is 6.42. The molecule has 0 amide bonds. The van der Waals surface area contributed by atoms with Gasteiger partial charge in [0.2, 0.25) is 0 Å². The van der Waals surface area contributed by atoms with Crippen LogP contribution in [0.5, 0.6) is 0 Å². The minimum absolute atomic E-state index is 0.292. The van der Waals surface area contributed by atoms with E-state index in [1.807, 2.05) is 12.1 Å². The van der Waals surface area contributed by atoms with Gasteiger partial charge in [-0.15, -0.1) is 11.3 Å². The first-order valence-electron chi connectivity index (χ1n) is 5.52. The van der Waals surface area contributed by atoms with E-state index < -0.39 is 0 Å². The Kier molecular flexibility index (Phi) is 3.65. The van der Waals surface area contributed by atoms with Crippen molar-refractivity contribution in [1.82, 2.24) is 5.16 Å². The van der Waals surface area contributed by atoms with E-state index in [-0.39, 0.29) is 0 Å². The molecule has 2 N–H and O–H groups in total. The Morgan fingerprint density at radius 3 is 2.40 bits per heavy atom. The molecule has 20 heavy (non-hydrogen) atoms. The van der Waals surface area contributed by atoms with Crippen molar-refractivity contribution in [3.63, 3.8) is 0 Å². The van der Waals surface area contributed by atoms with E-state index in [1.54, 1.807) is 18.2 Å². The van der Waals surface area contributed by atoms with Crippen LogP contribution in [0.3, 0.4) is 0 Å². The minimum Gasteiger partial charge on any atom is -0.380 e. The number of halogens is 3. The zero-order chi connectivity index (χ0) is 14.3. The van der Waals surface area contributed by atoms with Crippen molar-refractivity contribution in [1.29, 1.82) is 0 Å². The summed E-state index contributed by atoms with van der Waals surface area (Å²) in [6.07, 6.45) is 0. The molecule has 0 fully saturated rings. The maximum absolute atomic E-state index is 6.16. The number of thiophene rings is 1. The van der Waals surface area contributed by atoms with Crippen molar-refractivity contribution < 1.29 is 4.52 Å². The molecule has 0 spiro atoms. The predicted molar refractivity (Wildman–Crippen MR) is 84.7 cm³/mol. The SMILES string of the molecule is Nc1noc(-c2cc(Cl)sc2Cl)c1-c1ccc(Cl)cc1. The molecular weight excluding hydrogens is 339 g/mol. The summed E-state index contributed by atoms with van der Waals surface area (Å²) in [5.74, 6) is 0.790. The highest BCUT2D eigenvalue weighted by Gasteiger charge is 2.21. The number of benzene rings is 1. The van der Waals surface area contributed by atoms with Crippen molar-refractivity contribution in [3.8, 4) is 22.5 Å². The van der Waals surface area contributed by atoms with Gasteiger partial charge in [-0.3, -0.25) is 0 Å². The fourth-order valence-electron chi connectivity index (χ4n) is 1.88. The summed E-state index contributed by atoms with van der Waals surface area (Å²) in [6.45, 7) is 0. The maximum Gasteiger partial charge on any atom is 0.179 e. The molecule has 0 saturated heterocycles. The number of nitrogens with two attached hydrogens (primary N) is 1. The zero-order valence-corrected chi connectivity index (χ0v) is 12.9. The number of nitrogens with zero attached hydrogens (tertiary/aromatic N) is 1. The van der Waals surface area contributed by atoms with Gasteiger partial charge >= 0.3 is 0 Å². The number of rotatable bonds is 2. The second kappa shape index (κ2) is 5.30. The number of nitrogen functional groups attached to an aromatic ring is 1. The highest BCUT2D eigenvalue weighted by molar-refractivity contribution is 7.20. The summed E-state index contributed by atoms with van der Waals surface area (Å²) in [5, 5.41) is 4.46. The average Bonchev–Trinajstić information content (AvgIpc) is 2.93. The first-order valence-corrected chi connectivity index (χ1v) is 7.47. The molecule has 0 bridgehead atoms. The number of hydrogen-bond donors (Lipinski definition) is 1. The molecule has 3 aromatic rings. The van der Waals surface area contributed by atoms with Crippen LogP contribution in [0, 0.1) is 0 Å². The molecule has 7 heteroatoms. The van der Waals surface area contributed by atoms with E-state index in [1.165, 1.54) is 11.3 Å². The van der Waals surface area contributed by atoms with E-state index in [0.29, 0.717) is 36.4 Å². The third-order valence-corrected chi connectivity index (χ3v) is 4.49. The Bertz CT molecular complexity index is 765. The number of hydrogen-bond acceptors (Lipinski definition) is 4. The lowest BCUT2D eigenvalue weighted by Crippen LogP contribution is -1.88. The van der Waals surface area contributed by atoms with Crippen LogP contribution >= 0.6 is 46.1 Å². The van der Waals surface area contributed by atoms with Crippen molar-refractivity contribution >= 4 is 52.0 Å². The van der Waals surface area contributed by atoms with Gasteiger partial charge in [0.25, 0.3) is 0 Å². The lowest BCUT2D eigenvalue weighted by Gasteiger charge is -2.02. The van der Waals surface area contributed by atoms with E-state index in [0.717, 1.165) is 5.56 Å². The zero-order valence-electron chi connectivity index (χ0n) is 9.86. The van der Waals surface area contributed by atoms with Crippen LogP contribution in [0.25, 0.3) is 22.5 Å². The Balaban J connectivity index is 2.19. The second-order valence-corrected chi connectivity index (χ2v) is 6.74. The summed E-state index contributed by atoms with van der Waals surface area (Å²) in [6, 6.07) is 8.96. The molecule has 102 valence electrons. The molecule has 0 aliphatic heterocycles. The van der Waals surface area contributed by atoms with Crippen molar-refractivity contribution in [2.24, 2.45) is 0 Å². The normalized spacial score (nSPS) is 10.9. The molecule has 3 nitrogen and oxygen atoms in total. The highest BCUT2D eigenvalue weighted by Crippen LogP contribution is 2.44. The minimum atomic E-state index is 0.292. The Labute approximate surface area is 133 Å². The van der Waals surface area contributed by atoms with Gasteiger partial charge in [-0.1, -0.05) is 52.1 Å². The van der Waals surface area contributed by atoms with Gasteiger partial charge in [0.1, 0.15) is 4.34 Å². The van der Waals surface area contributed by atoms with Crippen molar-refractivity contribution in [2.75, 3.05) is 5.73 Å². The standard InChI is InChI=1S/C13H7Cl3N2OS/c14-7-3-1-6(2-4-7)10-11(19-18-13(10)17)8-5-9(15)20-12(8)16/h1-5H,(H2,17,18). The van der Waals surface area contributed by atoms with Crippen LogP contribution in [0.1, 0.15) is 0 Å². The molecular formula is C13H7Cl3N2OS. The Morgan fingerprint density at radius 1 is 1.10 bits per heavy atom. The second-order valence-electron chi connectivity index (χ2n) is 4.02. The molecule has 2 aromatic heterocycles. The first-order chi connectivity index (χ1) is 9.56. The Hall–Kier alpha value is -1.20. The monoisotopic (exact) mass is 344 g/mol. The molecule has 3 rings (SSSR count). The van der Waals surface area contributed by atoms with Crippen LogP contribution in [-0.2, 0) is 0 Å². The highest BCUT2D eigenvalue weighted by atomic mass is 35.5. The van der Waals surface area contributed by atoms with Gasteiger partial charge in [-0.2, -0.15) is 0 Å². The topological polar surface area (TPSA) is 52.0 Å². The van der Waals surface area contributed by atoms with Crippen molar-refractivity contribution in [2.45, 2.75) is 0 Å². The number of anilines is 1. The molecule has 0 saturated carbocycles. The molecule has 0 radical (unpaired) electrons. The predicted octanol–water partition coefficient (Wildman–Crippen LogP) is 5.61. The van der Waals surface area contributed by atoms with Crippen LogP contribution in [0.15, 0.2) is 34.9 Å². The quantitative estimate of drug-likeness (QED) is 0.656. The molecule has 0 unspecified atom stereocenters. The van der Waals surface area contributed by atoms with Gasteiger partial charge in [0, 0.05) is 5.02 Å². The Morgan fingerprint density at radius 2 is 1.80 bits per heavy atom. The van der Waals surface area contributed by atoms with E-state index in [4.69, 9.17) is 45.1 Å². The largest absolute Gasteiger partial charge is 0.380 e. The molecule has 1 aromatic carbocycles. The lowest BCUT2D eigenvalue weighted by molar-refractivity contribution is 0.436. The third-order valence-electron chi connectivity index (χ3n) is 2.75. The van der Waals surface area contributed by atoms with Gasteiger partial charge in [-0.25, -0.2) is 0 Å². The smallest absolute Gasteiger partial charge is 0.179 e. The van der Waals surface area contributed by atoms with E-state index in [2.05, 4.69) is 5.16 Å². The average molecular weight is 346 g/mol. The van der Waals surface area contributed by atoms with Crippen LogP contribution in [0.2, 0.25) is 13.7 Å². The fourth-order valence-corrected chi connectivity index (χ4v) is 3.46. The van der Waals surface area contributed by atoms with Gasteiger partial charge < -0.3 is 10.3 Å². The molecule has 0 aliphatic rings. The number of aromatic nitrogens is 1. The first kappa shape index (κ1) is 13.8.